The number of anilines is 1. The molecule has 0 aliphatic carbocycles. The summed E-state index contributed by atoms with van der Waals surface area (Å²) in [6.45, 7) is 0. The van der Waals surface area contributed by atoms with Crippen LogP contribution >= 0.6 is 23.2 Å². The van der Waals surface area contributed by atoms with Gasteiger partial charge in [0, 0.05) is 10.0 Å². The summed E-state index contributed by atoms with van der Waals surface area (Å²) in [5.41, 5.74) is 5.84. The Morgan fingerprint density at radius 2 is 1.44 bits per heavy atom. The summed E-state index contributed by atoms with van der Waals surface area (Å²) in [5.74, 6) is 0. The molecule has 18 heavy (non-hydrogen) atoms. The van der Waals surface area contributed by atoms with Gasteiger partial charge in [-0.05, 0) is 42.5 Å². The third-order valence-electron chi connectivity index (χ3n) is 2.39. The van der Waals surface area contributed by atoms with Gasteiger partial charge in [-0.3, -0.25) is 0 Å². The number of halogens is 2. The fraction of sp³-hybridized carbons (Fsp3) is 0. The Morgan fingerprint density at radius 3 is 2.06 bits per heavy atom. The smallest absolute Gasteiger partial charge is 0.208 e. The van der Waals surface area contributed by atoms with Crippen LogP contribution in [-0.2, 0) is 9.84 Å². The number of hydrogen-bond acceptors (Lipinski definition) is 3. The van der Waals surface area contributed by atoms with Gasteiger partial charge in [0.1, 0.15) is 0 Å². The van der Waals surface area contributed by atoms with E-state index >= 15 is 0 Å². The van der Waals surface area contributed by atoms with E-state index in [1.165, 1.54) is 42.5 Å². The molecule has 0 atom stereocenters. The summed E-state index contributed by atoms with van der Waals surface area (Å²) < 4.78 is 24.7. The van der Waals surface area contributed by atoms with Crippen LogP contribution in [0.2, 0.25) is 10.0 Å². The van der Waals surface area contributed by atoms with Gasteiger partial charge in [-0.25, -0.2) is 8.42 Å². The quantitative estimate of drug-likeness (QED) is 0.865. The molecular weight excluding hydrogens is 293 g/mol. The van der Waals surface area contributed by atoms with Crippen molar-refractivity contribution in [3.63, 3.8) is 0 Å². The van der Waals surface area contributed by atoms with Crippen molar-refractivity contribution in [2.75, 3.05) is 5.73 Å². The van der Waals surface area contributed by atoms with Crippen LogP contribution in [0.5, 0.6) is 0 Å². The second kappa shape index (κ2) is 4.80. The Balaban J connectivity index is 2.61. The first-order valence-electron chi connectivity index (χ1n) is 4.97. The highest BCUT2D eigenvalue weighted by Crippen LogP contribution is 2.28. The number of benzene rings is 2. The average Bonchev–Trinajstić information content (AvgIpc) is 2.32. The lowest BCUT2D eigenvalue weighted by atomic mass is 10.3. The summed E-state index contributed by atoms with van der Waals surface area (Å²) >= 11 is 11.5. The third kappa shape index (κ3) is 2.46. The van der Waals surface area contributed by atoms with Crippen molar-refractivity contribution in [2.24, 2.45) is 0 Å². The molecule has 0 aliphatic rings. The minimum absolute atomic E-state index is 0.00248. The number of sulfone groups is 1. The van der Waals surface area contributed by atoms with Crippen LogP contribution < -0.4 is 5.73 Å². The first kappa shape index (κ1) is 13.2. The van der Waals surface area contributed by atoms with Crippen molar-refractivity contribution in [3.8, 4) is 0 Å². The zero-order valence-corrected chi connectivity index (χ0v) is 11.4. The van der Waals surface area contributed by atoms with Crippen molar-refractivity contribution in [1.82, 2.24) is 0 Å². The fourth-order valence-corrected chi connectivity index (χ4v) is 3.25. The van der Waals surface area contributed by atoms with E-state index in [4.69, 9.17) is 28.9 Å². The number of rotatable bonds is 2. The maximum atomic E-state index is 12.3. The van der Waals surface area contributed by atoms with Gasteiger partial charge in [-0.1, -0.05) is 23.2 Å². The van der Waals surface area contributed by atoms with Crippen LogP contribution in [-0.4, -0.2) is 8.42 Å². The largest absolute Gasteiger partial charge is 0.398 e. The Hall–Kier alpha value is -1.23. The average molecular weight is 302 g/mol. The number of nitrogen functional groups attached to an aromatic ring is 1. The van der Waals surface area contributed by atoms with E-state index in [0.29, 0.717) is 10.0 Å². The van der Waals surface area contributed by atoms with Gasteiger partial charge in [0.2, 0.25) is 9.84 Å². The lowest BCUT2D eigenvalue weighted by Gasteiger charge is -2.08. The molecule has 2 rings (SSSR count). The van der Waals surface area contributed by atoms with Crippen LogP contribution in [0.15, 0.2) is 52.3 Å². The SMILES string of the molecule is Nc1ccc(Cl)cc1S(=O)(=O)c1ccc(Cl)cc1. The van der Waals surface area contributed by atoms with Gasteiger partial charge in [0.15, 0.2) is 0 Å². The van der Waals surface area contributed by atoms with Crippen LogP contribution in [0.1, 0.15) is 0 Å². The molecule has 2 aromatic rings. The monoisotopic (exact) mass is 301 g/mol. The second-order valence-electron chi connectivity index (χ2n) is 3.64. The Kier molecular flexibility index (Phi) is 3.52. The van der Waals surface area contributed by atoms with Crippen LogP contribution in [0, 0.1) is 0 Å². The molecule has 0 amide bonds. The molecule has 2 aromatic carbocycles. The molecule has 2 N–H and O–H groups in total. The molecule has 0 unspecified atom stereocenters. The second-order valence-corrected chi connectivity index (χ2v) is 6.43. The molecule has 0 spiro atoms. The summed E-state index contributed by atoms with van der Waals surface area (Å²) in [6.07, 6.45) is 0. The molecule has 0 heterocycles. The van der Waals surface area contributed by atoms with Gasteiger partial charge in [0.05, 0.1) is 15.5 Å². The van der Waals surface area contributed by atoms with Gasteiger partial charge in [-0.15, -0.1) is 0 Å². The Bertz CT molecular complexity index is 682. The lowest BCUT2D eigenvalue weighted by Crippen LogP contribution is -2.05. The summed E-state index contributed by atoms with van der Waals surface area (Å²) in [5, 5.41) is 0.782. The van der Waals surface area contributed by atoms with E-state index in [9.17, 15) is 8.42 Å². The molecule has 0 aromatic heterocycles. The van der Waals surface area contributed by atoms with Crippen LogP contribution in [0.25, 0.3) is 0 Å². The summed E-state index contributed by atoms with van der Waals surface area (Å²) in [7, 11) is -3.68. The summed E-state index contributed by atoms with van der Waals surface area (Å²) in [4.78, 5) is 0.123. The predicted molar refractivity (Wildman–Crippen MR) is 72.8 cm³/mol. The molecule has 0 saturated carbocycles. The standard InChI is InChI=1S/C12H9Cl2NO2S/c13-8-1-4-10(5-2-8)18(16,17)12-7-9(14)3-6-11(12)15/h1-7H,15H2. The maximum Gasteiger partial charge on any atom is 0.208 e. The fourth-order valence-electron chi connectivity index (χ4n) is 1.48. The van der Waals surface area contributed by atoms with E-state index in [-0.39, 0.29) is 15.5 Å². The van der Waals surface area contributed by atoms with Gasteiger partial charge in [0.25, 0.3) is 0 Å². The van der Waals surface area contributed by atoms with E-state index in [1.54, 1.807) is 0 Å². The molecule has 0 fully saturated rings. The Morgan fingerprint density at radius 1 is 0.889 bits per heavy atom. The summed E-state index contributed by atoms with van der Waals surface area (Å²) in [6, 6.07) is 10.2. The topological polar surface area (TPSA) is 60.2 Å². The van der Waals surface area contributed by atoms with Crippen molar-refractivity contribution in [1.29, 1.82) is 0 Å². The molecule has 0 bridgehead atoms. The first-order valence-corrected chi connectivity index (χ1v) is 7.21. The van der Waals surface area contributed by atoms with Crippen molar-refractivity contribution < 1.29 is 8.42 Å². The highest BCUT2D eigenvalue weighted by atomic mass is 35.5. The minimum atomic E-state index is -3.68. The zero-order valence-electron chi connectivity index (χ0n) is 9.10. The van der Waals surface area contributed by atoms with Gasteiger partial charge < -0.3 is 5.73 Å². The lowest BCUT2D eigenvalue weighted by molar-refractivity contribution is 0.596. The molecule has 3 nitrogen and oxygen atoms in total. The van der Waals surface area contributed by atoms with Crippen molar-refractivity contribution in [3.05, 3.63) is 52.5 Å². The zero-order chi connectivity index (χ0) is 13.3. The maximum absolute atomic E-state index is 12.3. The first-order chi connectivity index (χ1) is 8.41. The van der Waals surface area contributed by atoms with E-state index in [1.807, 2.05) is 0 Å². The van der Waals surface area contributed by atoms with E-state index in [0.717, 1.165) is 0 Å². The van der Waals surface area contributed by atoms with Crippen molar-refractivity contribution >= 4 is 38.7 Å². The highest BCUT2D eigenvalue weighted by molar-refractivity contribution is 7.91. The van der Waals surface area contributed by atoms with Crippen LogP contribution in [0.3, 0.4) is 0 Å². The predicted octanol–water partition coefficient (Wildman–Crippen LogP) is 3.41. The van der Waals surface area contributed by atoms with E-state index < -0.39 is 9.84 Å². The van der Waals surface area contributed by atoms with Crippen molar-refractivity contribution in [2.45, 2.75) is 9.79 Å². The van der Waals surface area contributed by atoms with E-state index in [2.05, 4.69) is 0 Å². The minimum Gasteiger partial charge on any atom is -0.398 e. The van der Waals surface area contributed by atoms with Gasteiger partial charge >= 0.3 is 0 Å². The normalized spacial score (nSPS) is 11.4. The molecule has 94 valence electrons. The van der Waals surface area contributed by atoms with Gasteiger partial charge in [-0.2, -0.15) is 0 Å². The van der Waals surface area contributed by atoms with Crippen LogP contribution in [0.4, 0.5) is 5.69 Å². The Labute approximate surface area is 115 Å². The molecule has 0 radical (unpaired) electrons. The number of hydrogen-bond donors (Lipinski definition) is 1. The molecule has 0 aliphatic heterocycles. The highest BCUT2D eigenvalue weighted by Gasteiger charge is 2.20. The molecular formula is C12H9Cl2NO2S. The molecule has 0 saturated heterocycles. The number of nitrogens with two attached hydrogens (primary N) is 1. The third-order valence-corrected chi connectivity index (χ3v) is 4.70. The molecule has 6 heteroatoms.